The number of hydrogen-bond acceptors (Lipinski definition) is 7. The molecule has 2 aromatic rings. The fourth-order valence-electron chi connectivity index (χ4n) is 2.63. The number of carbonyl (C=O) groups excluding carboxylic acids is 1. The Labute approximate surface area is 145 Å². The minimum Gasteiger partial charge on any atom is -0.493 e. The van der Waals surface area contributed by atoms with Gasteiger partial charge in [-0.3, -0.25) is 4.79 Å². The van der Waals surface area contributed by atoms with E-state index in [0.29, 0.717) is 36.1 Å². The highest BCUT2D eigenvalue weighted by molar-refractivity contribution is 6.06. The number of morpholine rings is 1. The summed E-state index contributed by atoms with van der Waals surface area (Å²) in [6, 6.07) is 6.88. The second-order valence-electron chi connectivity index (χ2n) is 5.36. The predicted molar refractivity (Wildman–Crippen MR) is 92.6 cm³/mol. The van der Waals surface area contributed by atoms with Gasteiger partial charge in [0.05, 0.1) is 33.0 Å². The maximum atomic E-state index is 12.6. The van der Waals surface area contributed by atoms with E-state index in [9.17, 15) is 4.79 Å². The van der Waals surface area contributed by atoms with E-state index in [2.05, 4.69) is 20.2 Å². The Morgan fingerprint density at radius 3 is 2.72 bits per heavy atom. The highest BCUT2D eigenvalue weighted by atomic mass is 16.5. The first-order valence-electron chi connectivity index (χ1n) is 7.90. The third kappa shape index (κ3) is 3.80. The summed E-state index contributed by atoms with van der Waals surface area (Å²) >= 11 is 0. The van der Waals surface area contributed by atoms with Gasteiger partial charge < -0.3 is 24.4 Å². The summed E-state index contributed by atoms with van der Waals surface area (Å²) in [5.74, 6) is 1.72. The van der Waals surface area contributed by atoms with Crippen molar-refractivity contribution in [1.82, 2.24) is 9.97 Å². The van der Waals surface area contributed by atoms with E-state index >= 15 is 0 Å². The number of methoxy groups -OCH3 is 2. The van der Waals surface area contributed by atoms with Gasteiger partial charge in [0.1, 0.15) is 18.0 Å². The molecule has 1 amide bonds. The molecular formula is C17H20N4O4. The maximum Gasteiger partial charge on any atom is 0.260 e. The largest absolute Gasteiger partial charge is 0.493 e. The van der Waals surface area contributed by atoms with Crippen LogP contribution in [0.3, 0.4) is 0 Å². The van der Waals surface area contributed by atoms with Crippen molar-refractivity contribution in [3.8, 4) is 11.5 Å². The van der Waals surface area contributed by atoms with Gasteiger partial charge in [-0.2, -0.15) is 0 Å². The molecule has 0 atom stereocenters. The summed E-state index contributed by atoms with van der Waals surface area (Å²) in [6.07, 6.45) is 1.43. The van der Waals surface area contributed by atoms with Crippen LogP contribution in [0, 0.1) is 0 Å². The smallest absolute Gasteiger partial charge is 0.260 e. The molecule has 132 valence electrons. The number of anilines is 2. The number of nitrogens with zero attached hydrogens (tertiary/aromatic N) is 3. The standard InChI is InChI=1S/C17H20N4O4/c1-23-13-5-3-4-12(16(13)24-2)17(22)20-14-10-15(19-11-18-14)21-6-8-25-9-7-21/h3-5,10-11H,6-9H2,1-2H3,(H,18,19,20,22). The predicted octanol–water partition coefficient (Wildman–Crippen LogP) is 1.58. The highest BCUT2D eigenvalue weighted by Gasteiger charge is 2.18. The zero-order valence-electron chi connectivity index (χ0n) is 14.2. The summed E-state index contributed by atoms with van der Waals surface area (Å²) in [5.41, 5.74) is 0.369. The topological polar surface area (TPSA) is 85.8 Å². The van der Waals surface area contributed by atoms with Crippen LogP contribution in [0.15, 0.2) is 30.6 Å². The fraction of sp³-hybridized carbons (Fsp3) is 0.353. The average Bonchev–Trinajstić information content (AvgIpc) is 2.68. The second-order valence-corrected chi connectivity index (χ2v) is 5.36. The number of ether oxygens (including phenoxy) is 3. The summed E-state index contributed by atoms with van der Waals surface area (Å²) in [5, 5.41) is 2.78. The lowest BCUT2D eigenvalue weighted by Gasteiger charge is -2.27. The van der Waals surface area contributed by atoms with Crippen LogP contribution in [-0.4, -0.2) is 56.4 Å². The molecule has 1 aromatic heterocycles. The Bertz CT molecular complexity index is 747. The normalized spacial score (nSPS) is 14.1. The van der Waals surface area contributed by atoms with Crippen LogP contribution >= 0.6 is 0 Å². The van der Waals surface area contributed by atoms with Gasteiger partial charge in [0, 0.05) is 19.2 Å². The van der Waals surface area contributed by atoms with Gasteiger partial charge >= 0.3 is 0 Å². The lowest BCUT2D eigenvalue weighted by Crippen LogP contribution is -2.36. The van der Waals surface area contributed by atoms with Crippen LogP contribution < -0.4 is 19.7 Å². The van der Waals surface area contributed by atoms with Crippen molar-refractivity contribution in [2.24, 2.45) is 0 Å². The Morgan fingerprint density at radius 1 is 1.20 bits per heavy atom. The number of carbonyl (C=O) groups is 1. The van der Waals surface area contributed by atoms with E-state index in [1.54, 1.807) is 24.3 Å². The van der Waals surface area contributed by atoms with Crippen molar-refractivity contribution < 1.29 is 19.0 Å². The van der Waals surface area contributed by atoms with E-state index in [4.69, 9.17) is 14.2 Å². The van der Waals surface area contributed by atoms with Crippen molar-refractivity contribution in [3.63, 3.8) is 0 Å². The van der Waals surface area contributed by atoms with Crippen LogP contribution in [0.25, 0.3) is 0 Å². The summed E-state index contributed by atoms with van der Waals surface area (Å²) < 4.78 is 15.9. The van der Waals surface area contributed by atoms with E-state index in [1.807, 2.05) is 0 Å². The Hall–Kier alpha value is -2.87. The lowest BCUT2D eigenvalue weighted by atomic mass is 10.1. The molecule has 8 heteroatoms. The van der Waals surface area contributed by atoms with Crippen molar-refractivity contribution in [1.29, 1.82) is 0 Å². The van der Waals surface area contributed by atoms with Crippen molar-refractivity contribution in [2.75, 3.05) is 50.7 Å². The van der Waals surface area contributed by atoms with E-state index in [1.165, 1.54) is 20.5 Å². The number of rotatable bonds is 5. The fourth-order valence-corrected chi connectivity index (χ4v) is 2.63. The van der Waals surface area contributed by atoms with Gasteiger partial charge in [-0.25, -0.2) is 9.97 Å². The van der Waals surface area contributed by atoms with Crippen molar-refractivity contribution in [2.45, 2.75) is 0 Å². The first-order valence-corrected chi connectivity index (χ1v) is 7.90. The van der Waals surface area contributed by atoms with Gasteiger partial charge in [-0.05, 0) is 12.1 Å². The number of para-hydroxylation sites is 1. The molecular weight excluding hydrogens is 324 g/mol. The molecule has 0 bridgehead atoms. The molecule has 1 N–H and O–H groups in total. The molecule has 8 nitrogen and oxygen atoms in total. The van der Waals surface area contributed by atoms with Gasteiger partial charge in [-0.15, -0.1) is 0 Å². The number of nitrogens with one attached hydrogen (secondary N) is 1. The van der Waals surface area contributed by atoms with Gasteiger partial charge in [-0.1, -0.05) is 6.07 Å². The monoisotopic (exact) mass is 344 g/mol. The molecule has 1 aliphatic rings. The van der Waals surface area contributed by atoms with Gasteiger partial charge in [0.25, 0.3) is 5.91 Å². The van der Waals surface area contributed by atoms with E-state index in [0.717, 1.165) is 18.9 Å². The van der Waals surface area contributed by atoms with E-state index in [-0.39, 0.29) is 5.91 Å². The molecule has 1 fully saturated rings. The molecule has 3 rings (SSSR count). The molecule has 0 unspecified atom stereocenters. The number of aromatic nitrogens is 2. The van der Waals surface area contributed by atoms with E-state index < -0.39 is 0 Å². The van der Waals surface area contributed by atoms with Gasteiger partial charge in [0.15, 0.2) is 11.5 Å². The molecule has 1 aliphatic heterocycles. The lowest BCUT2D eigenvalue weighted by molar-refractivity contribution is 0.102. The number of amides is 1. The highest BCUT2D eigenvalue weighted by Crippen LogP contribution is 2.31. The van der Waals surface area contributed by atoms with Crippen LogP contribution in [0.2, 0.25) is 0 Å². The zero-order valence-corrected chi connectivity index (χ0v) is 14.2. The molecule has 0 saturated carbocycles. The summed E-state index contributed by atoms with van der Waals surface area (Å²) in [4.78, 5) is 23.1. The third-order valence-electron chi connectivity index (χ3n) is 3.88. The average molecular weight is 344 g/mol. The minimum atomic E-state index is -0.331. The second kappa shape index (κ2) is 7.80. The van der Waals surface area contributed by atoms with Crippen LogP contribution in [0.4, 0.5) is 11.6 Å². The van der Waals surface area contributed by atoms with Gasteiger partial charge in [0.2, 0.25) is 0 Å². The quantitative estimate of drug-likeness (QED) is 0.881. The van der Waals surface area contributed by atoms with Crippen LogP contribution in [0.5, 0.6) is 11.5 Å². The Kier molecular flexibility index (Phi) is 5.30. The number of benzene rings is 1. The van der Waals surface area contributed by atoms with Crippen molar-refractivity contribution in [3.05, 3.63) is 36.2 Å². The summed E-state index contributed by atoms with van der Waals surface area (Å²) in [7, 11) is 3.02. The zero-order chi connectivity index (χ0) is 17.6. The van der Waals surface area contributed by atoms with Crippen molar-refractivity contribution >= 4 is 17.5 Å². The molecule has 1 saturated heterocycles. The third-order valence-corrected chi connectivity index (χ3v) is 3.88. The molecule has 2 heterocycles. The maximum absolute atomic E-state index is 12.6. The first-order chi connectivity index (χ1) is 12.2. The minimum absolute atomic E-state index is 0.331. The molecule has 0 spiro atoms. The Balaban J connectivity index is 1.79. The first kappa shape index (κ1) is 17.0. The Morgan fingerprint density at radius 2 is 2.00 bits per heavy atom. The molecule has 0 radical (unpaired) electrons. The molecule has 1 aromatic carbocycles. The van der Waals surface area contributed by atoms with Crippen LogP contribution in [0.1, 0.15) is 10.4 Å². The number of hydrogen-bond donors (Lipinski definition) is 1. The molecule has 25 heavy (non-hydrogen) atoms. The SMILES string of the molecule is COc1cccc(C(=O)Nc2cc(N3CCOCC3)ncn2)c1OC. The van der Waals surface area contributed by atoms with Crippen LogP contribution in [-0.2, 0) is 4.74 Å². The summed E-state index contributed by atoms with van der Waals surface area (Å²) in [6.45, 7) is 2.83. The molecule has 0 aliphatic carbocycles.